The zero-order valence-corrected chi connectivity index (χ0v) is 15.0. The van der Waals surface area contributed by atoms with Crippen LogP contribution in [0, 0.1) is 5.92 Å². The van der Waals surface area contributed by atoms with E-state index in [0.717, 1.165) is 5.56 Å². The highest BCUT2D eigenvalue weighted by Crippen LogP contribution is 2.38. The highest BCUT2D eigenvalue weighted by Gasteiger charge is 2.39. The summed E-state index contributed by atoms with van der Waals surface area (Å²) in [7, 11) is 0. The minimum atomic E-state index is 0.335. The molecule has 3 fully saturated rings. The summed E-state index contributed by atoms with van der Waals surface area (Å²) in [5, 5.41) is 1.20. The number of hydrogen-bond donors (Lipinski definition) is 0. The number of rotatable bonds is 3. The Morgan fingerprint density at radius 1 is 0.958 bits per heavy atom. The Balaban J connectivity index is 1.64. The van der Waals surface area contributed by atoms with E-state index in [-0.39, 0.29) is 0 Å². The topological polar surface area (TPSA) is 15.6 Å². The van der Waals surface area contributed by atoms with Gasteiger partial charge in [-0.2, -0.15) is 0 Å². The number of halogens is 2. The van der Waals surface area contributed by atoms with Crippen molar-refractivity contribution in [1.82, 2.24) is 4.90 Å². The van der Waals surface area contributed by atoms with E-state index in [1.165, 1.54) is 37.2 Å². The van der Waals surface area contributed by atoms with Crippen LogP contribution < -0.4 is 0 Å². The number of hydrogen-bond acceptors (Lipinski definition) is 2. The van der Waals surface area contributed by atoms with Gasteiger partial charge in [0.1, 0.15) is 0 Å². The molecule has 1 atom stereocenters. The van der Waals surface area contributed by atoms with Gasteiger partial charge in [0.05, 0.1) is 22.6 Å². The molecule has 1 unspecified atom stereocenters. The molecule has 2 bridgehead atoms. The van der Waals surface area contributed by atoms with Gasteiger partial charge in [-0.25, -0.2) is 0 Å². The van der Waals surface area contributed by atoms with Gasteiger partial charge in [0, 0.05) is 11.6 Å². The van der Waals surface area contributed by atoms with Gasteiger partial charge in [-0.3, -0.25) is 9.89 Å². The molecule has 0 spiro atoms. The first kappa shape index (κ1) is 16.1. The molecule has 2 nitrogen and oxygen atoms in total. The zero-order valence-electron chi connectivity index (χ0n) is 13.5. The quantitative estimate of drug-likeness (QED) is 0.716. The highest BCUT2D eigenvalue weighted by molar-refractivity contribution is 6.42. The van der Waals surface area contributed by atoms with Crippen LogP contribution in [-0.4, -0.2) is 23.7 Å². The molecule has 5 rings (SSSR count). The van der Waals surface area contributed by atoms with Gasteiger partial charge in [-0.1, -0.05) is 59.6 Å². The third kappa shape index (κ3) is 3.11. The second-order valence-electron chi connectivity index (χ2n) is 6.61. The molecule has 2 aromatic rings. The van der Waals surface area contributed by atoms with Crippen LogP contribution in [0.1, 0.15) is 30.0 Å². The predicted molar refractivity (Wildman–Crippen MR) is 101 cm³/mol. The van der Waals surface area contributed by atoms with Crippen molar-refractivity contribution in [3.63, 3.8) is 0 Å². The molecule has 124 valence electrons. The van der Waals surface area contributed by atoms with E-state index in [1.54, 1.807) is 0 Å². The number of benzene rings is 2. The molecule has 3 aliphatic rings. The molecule has 3 saturated heterocycles. The van der Waals surface area contributed by atoms with E-state index in [4.69, 9.17) is 28.2 Å². The lowest BCUT2D eigenvalue weighted by Gasteiger charge is -2.46. The van der Waals surface area contributed by atoms with E-state index < -0.39 is 0 Å². The number of aliphatic imine (C=N–C) groups is 1. The third-order valence-corrected chi connectivity index (χ3v) is 5.88. The second kappa shape index (κ2) is 6.87. The first-order chi connectivity index (χ1) is 11.7. The Kier molecular flexibility index (Phi) is 4.62. The lowest BCUT2D eigenvalue weighted by molar-refractivity contribution is 0.146. The molecule has 0 aromatic heterocycles. The monoisotopic (exact) mass is 358 g/mol. The average Bonchev–Trinajstić information content (AvgIpc) is 2.64. The smallest absolute Gasteiger partial charge is 0.0735 e. The average molecular weight is 359 g/mol. The van der Waals surface area contributed by atoms with Crippen molar-refractivity contribution in [2.24, 2.45) is 10.9 Å². The summed E-state index contributed by atoms with van der Waals surface area (Å²) < 4.78 is 0. The molecule has 0 saturated carbocycles. The maximum Gasteiger partial charge on any atom is 0.0735 e. The van der Waals surface area contributed by atoms with Crippen molar-refractivity contribution >= 4 is 28.9 Å². The Hall–Kier alpha value is -1.35. The van der Waals surface area contributed by atoms with Crippen molar-refractivity contribution < 1.29 is 0 Å². The fourth-order valence-electron chi connectivity index (χ4n) is 3.92. The van der Waals surface area contributed by atoms with Crippen LogP contribution in [-0.2, 0) is 6.54 Å². The van der Waals surface area contributed by atoms with E-state index in [9.17, 15) is 0 Å². The number of piperidine rings is 3. The molecular weight excluding hydrogens is 339 g/mol. The molecule has 3 aliphatic heterocycles. The Morgan fingerprint density at radius 3 is 2.42 bits per heavy atom. The van der Waals surface area contributed by atoms with E-state index in [0.29, 0.717) is 28.5 Å². The van der Waals surface area contributed by atoms with Crippen molar-refractivity contribution in [3.05, 3.63) is 69.7 Å². The van der Waals surface area contributed by atoms with Crippen LogP contribution in [0.15, 0.2) is 53.5 Å². The molecular formula is C20H20Cl2N2. The summed E-state index contributed by atoms with van der Waals surface area (Å²) >= 11 is 12.1. The van der Waals surface area contributed by atoms with Gasteiger partial charge in [0.25, 0.3) is 0 Å². The number of fused-ring (bicyclic) bond motifs is 3. The maximum atomic E-state index is 6.13. The number of nitrogens with zero attached hydrogens (tertiary/aromatic N) is 2. The van der Waals surface area contributed by atoms with Gasteiger partial charge in [-0.15, -0.1) is 0 Å². The van der Waals surface area contributed by atoms with Crippen LogP contribution in [0.2, 0.25) is 10.0 Å². The van der Waals surface area contributed by atoms with E-state index >= 15 is 0 Å². The SMILES string of the molecule is Clc1ccc(CN=C2C3CCN(CC3)C2c2ccccc2)cc1Cl. The van der Waals surface area contributed by atoms with Crippen molar-refractivity contribution in [2.75, 3.05) is 13.1 Å². The van der Waals surface area contributed by atoms with Crippen LogP contribution in [0.25, 0.3) is 0 Å². The largest absolute Gasteiger partial charge is 0.291 e. The van der Waals surface area contributed by atoms with Crippen LogP contribution >= 0.6 is 23.2 Å². The summed E-state index contributed by atoms with van der Waals surface area (Å²) in [5.74, 6) is 0.614. The first-order valence-corrected chi connectivity index (χ1v) is 9.25. The normalized spacial score (nSPS) is 27.6. The molecule has 4 heteroatoms. The maximum absolute atomic E-state index is 6.13. The van der Waals surface area contributed by atoms with Gasteiger partial charge in [0.15, 0.2) is 0 Å². The lowest BCUT2D eigenvalue weighted by Crippen LogP contribution is -2.50. The van der Waals surface area contributed by atoms with Crippen LogP contribution in [0.4, 0.5) is 0 Å². The Morgan fingerprint density at radius 2 is 1.71 bits per heavy atom. The fourth-order valence-corrected chi connectivity index (χ4v) is 4.24. The zero-order chi connectivity index (χ0) is 16.5. The molecule has 0 N–H and O–H groups in total. The van der Waals surface area contributed by atoms with Gasteiger partial charge in [-0.05, 0) is 49.2 Å². The van der Waals surface area contributed by atoms with Gasteiger partial charge in [0.2, 0.25) is 0 Å². The lowest BCUT2D eigenvalue weighted by atomic mass is 9.78. The van der Waals surface area contributed by atoms with Gasteiger partial charge < -0.3 is 0 Å². The highest BCUT2D eigenvalue weighted by atomic mass is 35.5. The summed E-state index contributed by atoms with van der Waals surface area (Å²) in [4.78, 5) is 7.61. The first-order valence-electron chi connectivity index (χ1n) is 8.49. The van der Waals surface area contributed by atoms with Crippen molar-refractivity contribution in [1.29, 1.82) is 0 Å². The van der Waals surface area contributed by atoms with E-state index in [2.05, 4.69) is 35.2 Å². The predicted octanol–water partition coefficient (Wildman–Crippen LogP) is 5.40. The molecule has 2 aromatic carbocycles. The minimum absolute atomic E-state index is 0.335. The second-order valence-corrected chi connectivity index (χ2v) is 7.43. The summed E-state index contributed by atoms with van der Waals surface area (Å²) in [5.41, 5.74) is 3.81. The molecule has 0 amide bonds. The van der Waals surface area contributed by atoms with E-state index in [1.807, 2.05) is 18.2 Å². The third-order valence-electron chi connectivity index (χ3n) is 5.14. The molecule has 0 aliphatic carbocycles. The summed E-state index contributed by atoms with van der Waals surface area (Å²) in [6.45, 7) is 3.02. The van der Waals surface area contributed by atoms with Crippen LogP contribution in [0.5, 0.6) is 0 Å². The Labute approximate surface area is 153 Å². The molecule has 0 radical (unpaired) electrons. The van der Waals surface area contributed by atoms with Gasteiger partial charge >= 0.3 is 0 Å². The summed E-state index contributed by atoms with van der Waals surface area (Å²) in [6.07, 6.45) is 2.45. The Bertz CT molecular complexity index is 749. The standard InChI is InChI=1S/C20H20Cl2N2/c21-17-7-6-14(12-18(17)22)13-23-19-15-8-10-24(11-9-15)20(19)16-4-2-1-3-5-16/h1-7,12,15,20H,8-11,13H2. The van der Waals surface area contributed by atoms with Crippen LogP contribution in [0.3, 0.4) is 0 Å². The fraction of sp³-hybridized carbons (Fsp3) is 0.350. The molecule has 24 heavy (non-hydrogen) atoms. The minimum Gasteiger partial charge on any atom is -0.291 e. The van der Waals surface area contributed by atoms with Crippen molar-refractivity contribution in [3.8, 4) is 0 Å². The van der Waals surface area contributed by atoms with Crippen molar-refractivity contribution in [2.45, 2.75) is 25.4 Å². The molecule has 3 heterocycles. The summed E-state index contributed by atoms with van der Waals surface area (Å²) in [6, 6.07) is 16.9.